The van der Waals surface area contributed by atoms with Gasteiger partial charge in [0, 0.05) is 16.6 Å². The molecule has 2 rings (SSSR count). The van der Waals surface area contributed by atoms with Gasteiger partial charge in [0.15, 0.2) is 0 Å². The first-order chi connectivity index (χ1) is 9.52. The van der Waals surface area contributed by atoms with Crippen LogP contribution < -0.4 is 0 Å². The fourth-order valence-corrected chi connectivity index (χ4v) is 2.76. The fourth-order valence-electron chi connectivity index (χ4n) is 2.26. The Kier molecular flexibility index (Phi) is 4.77. The Morgan fingerprint density at radius 1 is 1.40 bits per heavy atom. The van der Waals surface area contributed by atoms with Crippen molar-refractivity contribution in [3.8, 4) is 0 Å². The fraction of sp³-hybridized carbons (Fsp3) is 0.429. The Bertz CT molecular complexity index is 532. The summed E-state index contributed by atoms with van der Waals surface area (Å²) in [5.74, 6) is -1.20. The van der Waals surface area contributed by atoms with Crippen molar-refractivity contribution in [3.05, 3.63) is 33.8 Å². The highest BCUT2D eigenvalue weighted by Gasteiger charge is 2.27. The van der Waals surface area contributed by atoms with Crippen LogP contribution in [0, 0.1) is 0 Å². The lowest BCUT2D eigenvalue weighted by molar-refractivity contribution is -0.00280. The molecule has 108 valence electrons. The number of carbonyl (C=O) groups is 2. The predicted molar refractivity (Wildman–Crippen MR) is 77.0 cm³/mol. The van der Waals surface area contributed by atoms with E-state index in [-0.39, 0.29) is 17.5 Å². The molecule has 1 aromatic carbocycles. The van der Waals surface area contributed by atoms with Crippen molar-refractivity contribution in [1.82, 2.24) is 4.90 Å². The van der Waals surface area contributed by atoms with Crippen LogP contribution in [0.3, 0.4) is 0 Å². The normalized spacial score (nSPS) is 18.9. The number of carboxylic acid groups (broad SMARTS) is 1. The number of carboxylic acids is 1. The zero-order chi connectivity index (χ0) is 14.7. The number of benzene rings is 1. The Labute approximate surface area is 125 Å². The Morgan fingerprint density at radius 2 is 2.10 bits per heavy atom. The van der Waals surface area contributed by atoms with E-state index in [4.69, 9.17) is 9.84 Å². The largest absolute Gasteiger partial charge is 0.478 e. The zero-order valence-electron chi connectivity index (χ0n) is 11.1. The number of carbonyl (C=O) groups excluding carboxylic acids is 1. The third-order valence-corrected chi connectivity index (χ3v) is 3.81. The summed E-state index contributed by atoms with van der Waals surface area (Å²) < 4.78 is 5.96. The van der Waals surface area contributed by atoms with Crippen LogP contribution in [-0.2, 0) is 4.74 Å². The summed E-state index contributed by atoms with van der Waals surface area (Å²) in [6, 6.07) is 4.59. The van der Waals surface area contributed by atoms with E-state index in [0.717, 1.165) is 6.42 Å². The molecule has 1 aromatic rings. The lowest BCUT2D eigenvalue weighted by atomic mass is 10.1. The van der Waals surface area contributed by atoms with E-state index in [1.807, 2.05) is 6.92 Å². The highest BCUT2D eigenvalue weighted by Crippen LogP contribution is 2.20. The number of hydrogen-bond donors (Lipinski definition) is 1. The second-order valence-electron chi connectivity index (χ2n) is 4.67. The van der Waals surface area contributed by atoms with Gasteiger partial charge in [-0.05, 0) is 24.6 Å². The smallest absolute Gasteiger partial charge is 0.335 e. The van der Waals surface area contributed by atoms with Crippen LogP contribution >= 0.6 is 15.9 Å². The molecular formula is C14H16BrNO4. The average Bonchev–Trinajstić information content (AvgIpc) is 2.45. The molecule has 5 nitrogen and oxygen atoms in total. The van der Waals surface area contributed by atoms with E-state index >= 15 is 0 Å². The molecule has 1 aliphatic rings. The van der Waals surface area contributed by atoms with Crippen LogP contribution in [0.5, 0.6) is 0 Å². The van der Waals surface area contributed by atoms with Gasteiger partial charge in [-0.25, -0.2) is 4.79 Å². The van der Waals surface area contributed by atoms with E-state index in [9.17, 15) is 9.59 Å². The summed E-state index contributed by atoms with van der Waals surface area (Å²) in [4.78, 5) is 25.4. The van der Waals surface area contributed by atoms with Gasteiger partial charge in [0.1, 0.15) is 0 Å². The predicted octanol–water partition coefficient (Wildman–Crippen LogP) is 2.40. The van der Waals surface area contributed by atoms with E-state index in [1.165, 1.54) is 12.1 Å². The molecule has 1 amide bonds. The summed E-state index contributed by atoms with van der Waals surface area (Å²) in [7, 11) is 0. The number of halogens is 1. The maximum atomic E-state index is 12.6. The third kappa shape index (κ3) is 3.19. The summed E-state index contributed by atoms with van der Waals surface area (Å²) in [6.45, 7) is 3.58. The van der Waals surface area contributed by atoms with Crippen molar-refractivity contribution in [2.24, 2.45) is 0 Å². The van der Waals surface area contributed by atoms with E-state index in [2.05, 4.69) is 15.9 Å². The number of amides is 1. The maximum absolute atomic E-state index is 12.6. The van der Waals surface area contributed by atoms with Gasteiger partial charge in [0.05, 0.1) is 24.8 Å². The molecule has 20 heavy (non-hydrogen) atoms. The second kappa shape index (κ2) is 6.37. The monoisotopic (exact) mass is 341 g/mol. The molecule has 0 saturated carbocycles. The molecule has 0 aromatic heterocycles. The number of rotatable bonds is 3. The first-order valence-electron chi connectivity index (χ1n) is 6.45. The molecule has 0 spiro atoms. The van der Waals surface area contributed by atoms with Crippen molar-refractivity contribution in [2.45, 2.75) is 19.4 Å². The lowest BCUT2D eigenvalue weighted by Gasteiger charge is -2.35. The first kappa shape index (κ1) is 15.0. The lowest BCUT2D eigenvalue weighted by Crippen LogP contribution is -2.48. The van der Waals surface area contributed by atoms with Crippen LogP contribution in [0.25, 0.3) is 0 Å². The third-order valence-electron chi connectivity index (χ3n) is 3.35. The van der Waals surface area contributed by atoms with Crippen molar-refractivity contribution < 1.29 is 19.4 Å². The molecule has 1 fully saturated rings. The highest BCUT2D eigenvalue weighted by atomic mass is 79.9. The molecule has 1 N–H and O–H groups in total. The minimum Gasteiger partial charge on any atom is -0.478 e. The van der Waals surface area contributed by atoms with Gasteiger partial charge in [-0.1, -0.05) is 22.9 Å². The minimum atomic E-state index is -1.05. The average molecular weight is 342 g/mol. The van der Waals surface area contributed by atoms with Crippen LogP contribution in [0.4, 0.5) is 0 Å². The maximum Gasteiger partial charge on any atom is 0.335 e. The van der Waals surface area contributed by atoms with Gasteiger partial charge in [0.2, 0.25) is 0 Å². The molecule has 0 bridgehead atoms. The summed E-state index contributed by atoms with van der Waals surface area (Å²) in [5, 5.41) is 9.06. The number of aromatic carboxylic acids is 1. The van der Waals surface area contributed by atoms with Gasteiger partial charge < -0.3 is 14.7 Å². The molecule has 1 aliphatic heterocycles. The Hall–Kier alpha value is -1.40. The standard InChI is InChI=1S/C14H16BrNO4/c1-2-12-8-20-4-3-16(12)13(17)9-5-10(14(18)19)7-11(15)6-9/h5-7,12H,2-4,8H2,1H3,(H,18,19). The van der Waals surface area contributed by atoms with Gasteiger partial charge >= 0.3 is 5.97 Å². The molecule has 6 heteroatoms. The van der Waals surface area contributed by atoms with Gasteiger partial charge in [0.25, 0.3) is 5.91 Å². The highest BCUT2D eigenvalue weighted by molar-refractivity contribution is 9.10. The summed E-state index contributed by atoms with van der Waals surface area (Å²) >= 11 is 3.25. The molecule has 1 saturated heterocycles. The van der Waals surface area contributed by atoms with Crippen LogP contribution in [0.2, 0.25) is 0 Å². The van der Waals surface area contributed by atoms with Crippen LogP contribution in [-0.4, -0.2) is 47.7 Å². The van der Waals surface area contributed by atoms with Crippen LogP contribution in [0.1, 0.15) is 34.1 Å². The molecule has 1 unspecified atom stereocenters. The van der Waals surface area contributed by atoms with Crippen LogP contribution in [0.15, 0.2) is 22.7 Å². The Balaban J connectivity index is 2.30. The van der Waals surface area contributed by atoms with Crippen molar-refractivity contribution in [1.29, 1.82) is 0 Å². The van der Waals surface area contributed by atoms with Crippen molar-refractivity contribution in [3.63, 3.8) is 0 Å². The zero-order valence-corrected chi connectivity index (χ0v) is 12.7. The molecule has 0 aliphatic carbocycles. The number of ether oxygens (including phenoxy) is 1. The first-order valence-corrected chi connectivity index (χ1v) is 7.24. The molecular weight excluding hydrogens is 326 g/mol. The van der Waals surface area contributed by atoms with E-state index in [0.29, 0.717) is 29.8 Å². The minimum absolute atomic E-state index is 0.0449. The van der Waals surface area contributed by atoms with E-state index in [1.54, 1.807) is 11.0 Å². The van der Waals surface area contributed by atoms with Crippen molar-refractivity contribution in [2.75, 3.05) is 19.8 Å². The van der Waals surface area contributed by atoms with Gasteiger partial charge in [-0.15, -0.1) is 0 Å². The van der Waals surface area contributed by atoms with Crippen molar-refractivity contribution >= 4 is 27.8 Å². The SMILES string of the molecule is CCC1COCCN1C(=O)c1cc(Br)cc(C(=O)O)c1. The van der Waals surface area contributed by atoms with Gasteiger partial charge in [-0.2, -0.15) is 0 Å². The topological polar surface area (TPSA) is 66.8 Å². The Morgan fingerprint density at radius 3 is 2.75 bits per heavy atom. The van der Waals surface area contributed by atoms with E-state index < -0.39 is 5.97 Å². The molecule has 0 radical (unpaired) electrons. The molecule has 1 heterocycles. The summed E-state index contributed by atoms with van der Waals surface area (Å²) in [5.41, 5.74) is 0.487. The molecule has 1 atom stereocenters. The number of morpholine rings is 1. The van der Waals surface area contributed by atoms with Gasteiger partial charge in [-0.3, -0.25) is 4.79 Å². The second-order valence-corrected chi connectivity index (χ2v) is 5.58. The summed E-state index contributed by atoms with van der Waals surface area (Å²) in [6.07, 6.45) is 0.811. The number of nitrogens with zero attached hydrogens (tertiary/aromatic N) is 1. The quantitative estimate of drug-likeness (QED) is 0.916. The number of hydrogen-bond acceptors (Lipinski definition) is 3.